The maximum atomic E-state index is 12.6. The van der Waals surface area contributed by atoms with Crippen LogP contribution < -0.4 is 18.9 Å². The number of rotatable bonds is 6. The summed E-state index contributed by atoms with van der Waals surface area (Å²) in [6.45, 7) is 1.42. The molecule has 0 bridgehead atoms. The normalized spacial score (nSPS) is 15.1. The molecule has 0 saturated carbocycles. The van der Waals surface area contributed by atoms with Crippen molar-refractivity contribution < 1.29 is 33.6 Å². The summed E-state index contributed by atoms with van der Waals surface area (Å²) in [5.74, 6) is 0.560. The van der Waals surface area contributed by atoms with E-state index in [2.05, 4.69) is 0 Å². The van der Waals surface area contributed by atoms with Gasteiger partial charge in [0.1, 0.15) is 23.0 Å². The van der Waals surface area contributed by atoms with Crippen LogP contribution in [0.3, 0.4) is 0 Å². The van der Waals surface area contributed by atoms with Crippen LogP contribution in [0.4, 0.5) is 0 Å². The fourth-order valence-corrected chi connectivity index (χ4v) is 2.57. The smallest absolute Gasteiger partial charge is 0.344 e. The molecule has 0 amide bonds. The molecule has 1 heterocycles. The Morgan fingerprint density at radius 1 is 1.11 bits per heavy atom. The summed E-state index contributed by atoms with van der Waals surface area (Å²) in [5.41, 5.74) is 1.04. The van der Waals surface area contributed by atoms with Gasteiger partial charge < -0.3 is 24.1 Å². The second-order valence-corrected chi connectivity index (χ2v) is 5.80. The monoisotopic (exact) mass is 370 g/mol. The Labute approximate surface area is 155 Å². The molecule has 3 rings (SSSR count). The number of hydrogen-bond acceptors (Lipinski definition) is 6. The zero-order chi connectivity index (χ0) is 19.6. The van der Waals surface area contributed by atoms with Crippen molar-refractivity contribution in [1.29, 1.82) is 0 Å². The Morgan fingerprint density at radius 3 is 2.52 bits per heavy atom. The van der Waals surface area contributed by atoms with Gasteiger partial charge in [0.15, 0.2) is 11.9 Å². The van der Waals surface area contributed by atoms with E-state index in [-0.39, 0.29) is 11.5 Å². The van der Waals surface area contributed by atoms with Gasteiger partial charge in [0.2, 0.25) is 5.78 Å². The number of carbonyl (C=O) groups is 2. The zero-order valence-corrected chi connectivity index (χ0v) is 15.0. The second kappa shape index (κ2) is 7.41. The molecule has 27 heavy (non-hydrogen) atoms. The van der Waals surface area contributed by atoms with Crippen LogP contribution in [0.5, 0.6) is 23.0 Å². The number of carbonyl (C=O) groups excluding carboxylic acids is 1. The number of fused-ring (bicyclic) bond motifs is 1. The molecule has 0 unspecified atom stereocenters. The average Bonchev–Trinajstić information content (AvgIpc) is 2.97. The van der Waals surface area contributed by atoms with Gasteiger partial charge in [-0.3, -0.25) is 4.79 Å². The van der Waals surface area contributed by atoms with E-state index in [0.717, 1.165) is 0 Å². The number of methoxy groups -OCH3 is 2. The summed E-state index contributed by atoms with van der Waals surface area (Å²) in [6, 6.07) is 9.80. The maximum absolute atomic E-state index is 12.6. The minimum Gasteiger partial charge on any atom is -0.497 e. The van der Waals surface area contributed by atoms with Gasteiger partial charge in [0, 0.05) is 17.7 Å². The second-order valence-electron chi connectivity index (χ2n) is 5.80. The lowest BCUT2D eigenvalue weighted by Crippen LogP contribution is -2.22. The number of allylic oxidation sites excluding steroid dienone is 1. The van der Waals surface area contributed by atoms with Crippen molar-refractivity contribution in [3.63, 3.8) is 0 Å². The van der Waals surface area contributed by atoms with Gasteiger partial charge in [-0.2, -0.15) is 0 Å². The molecule has 7 nitrogen and oxygen atoms in total. The van der Waals surface area contributed by atoms with Crippen LogP contribution in [-0.4, -0.2) is 37.2 Å². The first-order valence-electron chi connectivity index (χ1n) is 8.12. The van der Waals surface area contributed by atoms with E-state index in [9.17, 15) is 9.59 Å². The van der Waals surface area contributed by atoms with Crippen LogP contribution in [0.2, 0.25) is 0 Å². The molecule has 0 saturated heterocycles. The van der Waals surface area contributed by atoms with E-state index in [1.165, 1.54) is 26.2 Å². The summed E-state index contributed by atoms with van der Waals surface area (Å²) in [4.78, 5) is 23.5. The number of hydrogen-bond donors (Lipinski definition) is 1. The quantitative estimate of drug-likeness (QED) is 0.781. The molecular formula is C20H18O7. The average molecular weight is 370 g/mol. The first-order valence-corrected chi connectivity index (χ1v) is 8.12. The Hall–Kier alpha value is -3.48. The minimum atomic E-state index is -1.08. The van der Waals surface area contributed by atoms with Gasteiger partial charge >= 0.3 is 5.97 Å². The molecule has 1 atom stereocenters. The number of ketones is 1. The lowest BCUT2D eigenvalue weighted by Gasteiger charge is -2.10. The van der Waals surface area contributed by atoms with E-state index < -0.39 is 12.1 Å². The molecule has 0 fully saturated rings. The van der Waals surface area contributed by atoms with Gasteiger partial charge in [-0.15, -0.1) is 0 Å². The largest absolute Gasteiger partial charge is 0.497 e. The van der Waals surface area contributed by atoms with Crippen molar-refractivity contribution in [3.05, 3.63) is 53.3 Å². The standard InChI is InChI=1S/C20H18O7/c1-11(20(22)23)26-14-6-7-15-17(10-14)27-18(19(15)21)8-12-4-5-13(24-2)9-16(12)25-3/h4-11H,1-3H3,(H,22,23)/t11-/m1/s1. The number of aliphatic carboxylic acids is 1. The number of benzene rings is 2. The Balaban J connectivity index is 1.88. The Kier molecular flexibility index (Phi) is 5.03. The summed E-state index contributed by atoms with van der Waals surface area (Å²) in [6.07, 6.45) is 0.569. The lowest BCUT2D eigenvalue weighted by atomic mass is 10.1. The fraction of sp³-hybridized carbons (Fsp3) is 0.200. The Morgan fingerprint density at radius 2 is 1.85 bits per heavy atom. The van der Waals surface area contributed by atoms with Crippen LogP contribution in [-0.2, 0) is 4.79 Å². The lowest BCUT2D eigenvalue weighted by molar-refractivity contribution is -0.144. The van der Waals surface area contributed by atoms with Crippen molar-refractivity contribution in [2.75, 3.05) is 14.2 Å². The molecule has 1 aliphatic rings. The van der Waals surface area contributed by atoms with Crippen LogP contribution in [0, 0.1) is 0 Å². The summed E-state index contributed by atoms with van der Waals surface area (Å²) >= 11 is 0. The molecule has 0 spiro atoms. The number of carboxylic acid groups (broad SMARTS) is 1. The van der Waals surface area contributed by atoms with Crippen molar-refractivity contribution in [2.45, 2.75) is 13.0 Å². The summed E-state index contributed by atoms with van der Waals surface area (Å²) in [5, 5.41) is 8.93. The molecule has 0 aromatic heterocycles. The van der Waals surface area contributed by atoms with Gasteiger partial charge in [0.25, 0.3) is 0 Å². The molecule has 2 aromatic rings. The predicted molar refractivity (Wildman–Crippen MR) is 96.6 cm³/mol. The van der Waals surface area contributed by atoms with E-state index in [4.69, 9.17) is 24.1 Å². The van der Waals surface area contributed by atoms with Gasteiger partial charge in [0.05, 0.1) is 19.8 Å². The zero-order valence-electron chi connectivity index (χ0n) is 15.0. The molecule has 1 N–H and O–H groups in total. The summed E-state index contributed by atoms with van der Waals surface area (Å²) < 4.78 is 21.5. The first kappa shape index (κ1) is 18.3. The van der Waals surface area contributed by atoms with E-state index >= 15 is 0 Å². The predicted octanol–water partition coefficient (Wildman–Crippen LogP) is 3.17. The first-order chi connectivity index (χ1) is 12.9. The number of Topliss-reactive ketones (excluding diaryl/α,β-unsaturated/α-hetero) is 1. The fourth-order valence-electron chi connectivity index (χ4n) is 2.57. The summed E-state index contributed by atoms with van der Waals surface area (Å²) in [7, 11) is 3.08. The van der Waals surface area contributed by atoms with Crippen LogP contribution in [0.1, 0.15) is 22.8 Å². The van der Waals surface area contributed by atoms with Gasteiger partial charge in [-0.25, -0.2) is 4.79 Å². The van der Waals surface area contributed by atoms with Crippen molar-refractivity contribution in [3.8, 4) is 23.0 Å². The third-order valence-corrected chi connectivity index (χ3v) is 4.03. The third-order valence-electron chi connectivity index (χ3n) is 4.03. The number of ether oxygens (including phenoxy) is 4. The van der Waals surface area contributed by atoms with Gasteiger partial charge in [-0.05, 0) is 37.3 Å². The molecule has 0 radical (unpaired) electrons. The topological polar surface area (TPSA) is 91.3 Å². The third kappa shape index (κ3) is 3.72. The van der Waals surface area contributed by atoms with Crippen molar-refractivity contribution in [2.24, 2.45) is 0 Å². The highest BCUT2D eigenvalue weighted by Gasteiger charge is 2.28. The highest BCUT2D eigenvalue weighted by atomic mass is 16.5. The maximum Gasteiger partial charge on any atom is 0.344 e. The molecule has 2 aromatic carbocycles. The Bertz CT molecular complexity index is 930. The minimum absolute atomic E-state index is 0.136. The molecule has 7 heteroatoms. The van der Waals surface area contributed by atoms with Crippen LogP contribution in [0.25, 0.3) is 6.08 Å². The highest BCUT2D eigenvalue weighted by molar-refractivity contribution is 6.14. The SMILES string of the molecule is COc1ccc(C=C2Oc3cc(O[C@H](C)C(=O)O)ccc3C2=O)c(OC)c1. The van der Waals surface area contributed by atoms with Crippen molar-refractivity contribution >= 4 is 17.8 Å². The van der Waals surface area contributed by atoms with E-state index in [1.54, 1.807) is 37.5 Å². The van der Waals surface area contributed by atoms with E-state index in [1.807, 2.05) is 0 Å². The van der Waals surface area contributed by atoms with Crippen LogP contribution >= 0.6 is 0 Å². The molecule has 0 aliphatic carbocycles. The highest BCUT2D eigenvalue weighted by Crippen LogP contribution is 2.36. The van der Waals surface area contributed by atoms with Gasteiger partial charge in [-0.1, -0.05) is 0 Å². The van der Waals surface area contributed by atoms with Crippen LogP contribution in [0.15, 0.2) is 42.2 Å². The number of carboxylic acids is 1. The van der Waals surface area contributed by atoms with Crippen molar-refractivity contribution in [1.82, 2.24) is 0 Å². The molecular weight excluding hydrogens is 352 g/mol. The molecule has 1 aliphatic heterocycles. The van der Waals surface area contributed by atoms with E-state index in [0.29, 0.717) is 34.1 Å². The molecule has 140 valence electrons.